The molecule has 3 nitrogen and oxygen atoms in total. The zero-order valence-corrected chi connectivity index (χ0v) is 17.8. The molecule has 3 aromatic rings. The first kappa shape index (κ1) is 20.3. The second kappa shape index (κ2) is 9.68. The summed E-state index contributed by atoms with van der Waals surface area (Å²) in [6.07, 6.45) is 3.77. The maximum absolute atomic E-state index is 12.8. The first-order chi connectivity index (χ1) is 14.7. The predicted molar refractivity (Wildman–Crippen MR) is 126 cm³/mol. The Kier molecular flexibility index (Phi) is 6.55. The molecule has 1 aliphatic carbocycles. The molecule has 0 spiro atoms. The van der Waals surface area contributed by atoms with E-state index in [2.05, 4.69) is 34.5 Å². The molecule has 0 unspecified atom stereocenters. The van der Waals surface area contributed by atoms with Crippen LogP contribution in [0.5, 0.6) is 0 Å². The van der Waals surface area contributed by atoms with Crippen molar-refractivity contribution >= 4 is 23.2 Å². The van der Waals surface area contributed by atoms with Crippen LogP contribution in [0.25, 0.3) is 11.1 Å². The van der Waals surface area contributed by atoms with Gasteiger partial charge in [0.05, 0.1) is 0 Å². The van der Waals surface area contributed by atoms with Gasteiger partial charge >= 0.3 is 0 Å². The maximum atomic E-state index is 12.8. The Bertz CT molecular complexity index is 983. The minimum atomic E-state index is -0.161. The van der Waals surface area contributed by atoms with E-state index in [1.54, 1.807) is 0 Å². The van der Waals surface area contributed by atoms with Crippen molar-refractivity contribution in [3.8, 4) is 11.1 Å². The molecule has 4 heteroatoms. The van der Waals surface area contributed by atoms with Gasteiger partial charge in [-0.3, -0.25) is 10.1 Å². The molecule has 30 heavy (non-hydrogen) atoms. The summed E-state index contributed by atoms with van der Waals surface area (Å²) in [4.78, 5) is 14.9. The molecule has 1 fully saturated rings. The average molecular weight is 415 g/mol. The quantitative estimate of drug-likeness (QED) is 0.528. The van der Waals surface area contributed by atoms with Crippen molar-refractivity contribution in [3.63, 3.8) is 0 Å². The van der Waals surface area contributed by atoms with Gasteiger partial charge in [-0.05, 0) is 59.8 Å². The molecule has 1 aliphatic rings. The molecule has 4 rings (SSSR count). The average Bonchev–Trinajstić information content (AvgIpc) is 2.76. The van der Waals surface area contributed by atoms with E-state index in [4.69, 9.17) is 12.2 Å². The highest BCUT2D eigenvalue weighted by Gasteiger charge is 2.23. The van der Waals surface area contributed by atoms with Crippen LogP contribution >= 0.6 is 12.2 Å². The zero-order valence-electron chi connectivity index (χ0n) is 17.0. The van der Waals surface area contributed by atoms with E-state index in [0.717, 1.165) is 17.7 Å². The van der Waals surface area contributed by atoms with Crippen molar-refractivity contribution < 1.29 is 4.79 Å². The fraction of sp³-hybridized carbons (Fsp3) is 0.231. The lowest BCUT2D eigenvalue weighted by molar-refractivity contribution is 0.0971. The van der Waals surface area contributed by atoms with Crippen molar-refractivity contribution in [2.45, 2.75) is 25.8 Å². The van der Waals surface area contributed by atoms with Gasteiger partial charge in [0, 0.05) is 18.7 Å². The number of thiocarbonyl (C=S) groups is 1. The summed E-state index contributed by atoms with van der Waals surface area (Å²) in [6, 6.07) is 28.1. The lowest BCUT2D eigenvalue weighted by Crippen LogP contribution is -2.45. The van der Waals surface area contributed by atoms with Crippen molar-refractivity contribution in [2.75, 3.05) is 6.54 Å². The summed E-state index contributed by atoms with van der Waals surface area (Å²) in [5.41, 5.74) is 4.03. The monoisotopic (exact) mass is 414 g/mol. The fourth-order valence-electron chi connectivity index (χ4n) is 3.70. The van der Waals surface area contributed by atoms with E-state index >= 15 is 0 Å². The van der Waals surface area contributed by atoms with Crippen LogP contribution in [0.1, 0.15) is 35.2 Å². The smallest absolute Gasteiger partial charge is 0.257 e. The number of hydrogen-bond donors (Lipinski definition) is 1. The van der Waals surface area contributed by atoms with Gasteiger partial charge in [-0.1, -0.05) is 79.2 Å². The van der Waals surface area contributed by atoms with Crippen molar-refractivity contribution in [3.05, 3.63) is 96.1 Å². The summed E-state index contributed by atoms with van der Waals surface area (Å²) < 4.78 is 0. The van der Waals surface area contributed by atoms with E-state index in [0.29, 0.717) is 23.1 Å². The third-order valence-electron chi connectivity index (χ3n) is 5.68. The van der Waals surface area contributed by atoms with Gasteiger partial charge in [0.15, 0.2) is 5.11 Å². The van der Waals surface area contributed by atoms with Crippen molar-refractivity contribution in [2.24, 2.45) is 5.92 Å². The van der Waals surface area contributed by atoms with Gasteiger partial charge in [0.25, 0.3) is 5.91 Å². The van der Waals surface area contributed by atoms with Crippen LogP contribution in [0, 0.1) is 5.92 Å². The highest BCUT2D eigenvalue weighted by atomic mass is 32.1. The normalized spacial score (nSPS) is 13.3. The van der Waals surface area contributed by atoms with Gasteiger partial charge < -0.3 is 4.90 Å². The second-order valence-electron chi connectivity index (χ2n) is 7.87. The minimum absolute atomic E-state index is 0.161. The highest BCUT2D eigenvalue weighted by Crippen LogP contribution is 2.27. The third kappa shape index (κ3) is 5.14. The zero-order chi connectivity index (χ0) is 20.8. The standard InChI is InChI=1S/C26H26N2OS/c29-25(24-16-14-23(15-17-24)22-12-5-2-6-13-22)27-26(30)28(19-21-10-7-11-21)18-20-8-3-1-4-9-20/h1-6,8-9,12-17,21H,7,10-11,18-19H2,(H,27,29,30). The molecule has 0 bridgehead atoms. The summed E-state index contributed by atoms with van der Waals surface area (Å²) in [6.45, 7) is 1.60. The third-order valence-corrected chi connectivity index (χ3v) is 6.04. The highest BCUT2D eigenvalue weighted by molar-refractivity contribution is 7.80. The molecule has 152 valence electrons. The van der Waals surface area contributed by atoms with Crippen LogP contribution in [0.2, 0.25) is 0 Å². The molecule has 0 aromatic heterocycles. The molecule has 3 aromatic carbocycles. The Morgan fingerprint density at radius 3 is 2.07 bits per heavy atom. The maximum Gasteiger partial charge on any atom is 0.257 e. The Labute approximate surface area is 183 Å². The number of amides is 1. The lowest BCUT2D eigenvalue weighted by Gasteiger charge is -2.34. The van der Waals surface area contributed by atoms with Crippen molar-refractivity contribution in [1.29, 1.82) is 0 Å². The van der Waals surface area contributed by atoms with Crippen molar-refractivity contribution in [1.82, 2.24) is 10.2 Å². The van der Waals surface area contributed by atoms with Crippen LogP contribution in [-0.4, -0.2) is 22.5 Å². The van der Waals surface area contributed by atoms with Crippen LogP contribution in [0.15, 0.2) is 84.9 Å². The summed E-state index contributed by atoms with van der Waals surface area (Å²) >= 11 is 5.64. The van der Waals surface area contributed by atoms with E-state index in [-0.39, 0.29) is 5.91 Å². The predicted octanol–water partition coefficient (Wildman–Crippen LogP) is 5.67. The number of carbonyl (C=O) groups excluding carboxylic acids is 1. The fourth-order valence-corrected chi connectivity index (χ4v) is 3.93. The minimum Gasteiger partial charge on any atom is -0.344 e. The molecule has 0 aliphatic heterocycles. The first-order valence-electron chi connectivity index (χ1n) is 10.5. The largest absolute Gasteiger partial charge is 0.344 e. The topological polar surface area (TPSA) is 32.3 Å². The lowest BCUT2D eigenvalue weighted by atomic mass is 9.85. The summed E-state index contributed by atoms with van der Waals surface area (Å²) in [7, 11) is 0. The molecule has 0 saturated heterocycles. The SMILES string of the molecule is O=C(NC(=S)N(Cc1ccccc1)CC1CCC1)c1ccc(-c2ccccc2)cc1. The van der Waals surface area contributed by atoms with Gasteiger partial charge in [0.2, 0.25) is 0 Å². The molecular weight excluding hydrogens is 388 g/mol. The Balaban J connectivity index is 1.42. The molecular formula is C26H26N2OS. The Morgan fingerprint density at radius 2 is 1.47 bits per heavy atom. The molecule has 0 radical (unpaired) electrons. The second-order valence-corrected chi connectivity index (χ2v) is 8.25. The number of nitrogens with zero attached hydrogens (tertiary/aromatic N) is 1. The molecule has 1 amide bonds. The summed E-state index contributed by atoms with van der Waals surface area (Å²) in [5.74, 6) is 0.500. The number of benzene rings is 3. The Hall–Kier alpha value is -2.98. The number of nitrogens with one attached hydrogen (secondary N) is 1. The van der Waals surface area contributed by atoms with E-state index in [9.17, 15) is 4.79 Å². The van der Waals surface area contributed by atoms with Gasteiger partial charge in [0.1, 0.15) is 0 Å². The first-order valence-corrected chi connectivity index (χ1v) is 10.9. The molecule has 1 saturated carbocycles. The molecule has 0 atom stereocenters. The molecule has 1 N–H and O–H groups in total. The summed E-state index contributed by atoms with van der Waals surface area (Å²) in [5, 5.41) is 3.45. The van der Waals surface area contributed by atoms with Crippen LogP contribution < -0.4 is 5.32 Å². The number of carbonyl (C=O) groups is 1. The van der Waals surface area contributed by atoms with Gasteiger partial charge in [-0.25, -0.2) is 0 Å². The van der Waals surface area contributed by atoms with Gasteiger partial charge in [-0.2, -0.15) is 0 Å². The van der Waals surface area contributed by atoms with Gasteiger partial charge in [-0.15, -0.1) is 0 Å². The van der Waals surface area contributed by atoms with Crippen LogP contribution in [-0.2, 0) is 6.54 Å². The van der Waals surface area contributed by atoms with E-state index in [1.807, 2.05) is 60.7 Å². The van der Waals surface area contributed by atoms with E-state index < -0.39 is 0 Å². The Morgan fingerprint density at radius 1 is 0.867 bits per heavy atom. The number of rotatable bonds is 6. The van der Waals surface area contributed by atoms with E-state index in [1.165, 1.54) is 24.8 Å². The number of hydrogen-bond acceptors (Lipinski definition) is 2. The van der Waals surface area contributed by atoms with Crippen LogP contribution in [0.4, 0.5) is 0 Å². The van der Waals surface area contributed by atoms with Crippen LogP contribution in [0.3, 0.4) is 0 Å². The molecule has 0 heterocycles.